The molecule has 4 rings (SSSR count). The Morgan fingerprint density at radius 1 is 1.04 bits per heavy atom. The number of rotatable bonds is 3. The molecule has 1 fully saturated rings. The molecule has 1 unspecified atom stereocenters. The molecule has 0 radical (unpaired) electrons. The minimum atomic E-state index is -0.928. The van der Waals surface area contributed by atoms with Gasteiger partial charge in [-0.2, -0.15) is 0 Å². The molecule has 6 heteroatoms. The molecule has 2 amide bonds. The Morgan fingerprint density at radius 3 is 2.44 bits per heavy atom. The lowest BCUT2D eigenvalue weighted by Crippen LogP contribution is -2.40. The SMILES string of the molecule is O=C(O)C1CN(C(=O)c2ccc(N3CCCC3=O)cc2)Cc2ccccc21. The lowest BCUT2D eigenvalue weighted by molar-refractivity contribution is -0.139. The van der Waals surface area contributed by atoms with Crippen LogP contribution in [0.1, 0.15) is 40.2 Å². The number of carbonyl (C=O) groups is 3. The lowest BCUT2D eigenvalue weighted by Gasteiger charge is -2.33. The van der Waals surface area contributed by atoms with Crippen LogP contribution in [-0.4, -0.2) is 40.9 Å². The molecule has 2 aromatic rings. The minimum Gasteiger partial charge on any atom is -0.481 e. The van der Waals surface area contributed by atoms with Gasteiger partial charge in [0, 0.05) is 37.3 Å². The topological polar surface area (TPSA) is 77.9 Å². The van der Waals surface area contributed by atoms with Crippen molar-refractivity contribution in [1.82, 2.24) is 4.90 Å². The molecule has 138 valence electrons. The molecule has 1 atom stereocenters. The summed E-state index contributed by atoms with van der Waals surface area (Å²) in [6.45, 7) is 1.25. The van der Waals surface area contributed by atoms with Crippen LogP contribution in [0.3, 0.4) is 0 Å². The third kappa shape index (κ3) is 3.18. The van der Waals surface area contributed by atoms with Crippen molar-refractivity contribution in [3.8, 4) is 0 Å². The minimum absolute atomic E-state index is 0.103. The van der Waals surface area contributed by atoms with Crippen molar-refractivity contribution in [2.45, 2.75) is 25.3 Å². The largest absolute Gasteiger partial charge is 0.481 e. The van der Waals surface area contributed by atoms with Crippen molar-refractivity contribution >= 4 is 23.5 Å². The predicted molar refractivity (Wildman–Crippen MR) is 99.6 cm³/mol. The van der Waals surface area contributed by atoms with Crippen molar-refractivity contribution < 1.29 is 19.5 Å². The molecule has 2 aliphatic rings. The zero-order chi connectivity index (χ0) is 19.0. The fraction of sp³-hybridized carbons (Fsp3) is 0.286. The molecule has 2 heterocycles. The van der Waals surface area contributed by atoms with E-state index < -0.39 is 11.9 Å². The Morgan fingerprint density at radius 2 is 1.78 bits per heavy atom. The van der Waals surface area contributed by atoms with E-state index in [2.05, 4.69) is 0 Å². The van der Waals surface area contributed by atoms with Crippen molar-refractivity contribution in [1.29, 1.82) is 0 Å². The van der Waals surface area contributed by atoms with E-state index in [-0.39, 0.29) is 18.4 Å². The molecule has 27 heavy (non-hydrogen) atoms. The monoisotopic (exact) mass is 364 g/mol. The van der Waals surface area contributed by atoms with E-state index in [9.17, 15) is 19.5 Å². The van der Waals surface area contributed by atoms with Crippen molar-refractivity contribution in [2.75, 3.05) is 18.0 Å². The Hall–Kier alpha value is -3.15. The van der Waals surface area contributed by atoms with E-state index in [4.69, 9.17) is 0 Å². The second kappa shape index (κ2) is 6.87. The van der Waals surface area contributed by atoms with Gasteiger partial charge in [-0.05, 0) is 41.8 Å². The van der Waals surface area contributed by atoms with E-state index >= 15 is 0 Å². The van der Waals surface area contributed by atoms with Crippen LogP contribution in [0.25, 0.3) is 0 Å². The first-order chi connectivity index (χ1) is 13.0. The first-order valence-corrected chi connectivity index (χ1v) is 9.05. The summed E-state index contributed by atoms with van der Waals surface area (Å²) < 4.78 is 0. The fourth-order valence-corrected chi connectivity index (χ4v) is 3.86. The maximum Gasteiger partial charge on any atom is 0.312 e. The summed E-state index contributed by atoms with van der Waals surface area (Å²) in [4.78, 5) is 39.8. The molecule has 1 saturated heterocycles. The fourth-order valence-electron chi connectivity index (χ4n) is 3.86. The number of carboxylic acid groups (broad SMARTS) is 1. The standard InChI is InChI=1S/C21H20N2O4/c24-19-6-3-11-23(19)16-9-7-14(8-10-16)20(25)22-12-15-4-1-2-5-17(15)18(13-22)21(26)27/h1-2,4-5,7-10,18H,3,6,11-13H2,(H,26,27). The maximum absolute atomic E-state index is 12.9. The van der Waals surface area contributed by atoms with Crippen LogP contribution in [0.5, 0.6) is 0 Å². The van der Waals surface area contributed by atoms with E-state index in [1.165, 1.54) is 0 Å². The summed E-state index contributed by atoms with van der Waals surface area (Å²) in [5.74, 6) is -1.75. The number of aliphatic carboxylic acids is 1. The average Bonchev–Trinajstić information content (AvgIpc) is 3.12. The third-order valence-electron chi connectivity index (χ3n) is 5.28. The van der Waals surface area contributed by atoms with Crippen LogP contribution in [0.4, 0.5) is 5.69 Å². The number of anilines is 1. The van der Waals surface area contributed by atoms with Crippen LogP contribution in [0.2, 0.25) is 0 Å². The van der Waals surface area contributed by atoms with Gasteiger partial charge < -0.3 is 14.9 Å². The highest BCUT2D eigenvalue weighted by atomic mass is 16.4. The lowest BCUT2D eigenvalue weighted by atomic mass is 9.89. The molecule has 0 aliphatic carbocycles. The molecule has 0 aromatic heterocycles. The van der Waals surface area contributed by atoms with Gasteiger partial charge in [0.2, 0.25) is 5.91 Å². The molecule has 2 aromatic carbocycles. The number of amides is 2. The van der Waals surface area contributed by atoms with Gasteiger partial charge in [0.15, 0.2) is 0 Å². The molecule has 0 bridgehead atoms. The number of carboxylic acids is 1. The maximum atomic E-state index is 12.9. The third-order valence-corrected chi connectivity index (χ3v) is 5.28. The van der Waals surface area contributed by atoms with Crippen LogP contribution >= 0.6 is 0 Å². The van der Waals surface area contributed by atoms with Crippen molar-refractivity contribution in [3.05, 3.63) is 65.2 Å². The number of carbonyl (C=O) groups excluding carboxylic acids is 2. The van der Waals surface area contributed by atoms with E-state index in [0.717, 1.165) is 23.2 Å². The smallest absolute Gasteiger partial charge is 0.312 e. The highest BCUT2D eigenvalue weighted by Gasteiger charge is 2.32. The number of hydrogen-bond acceptors (Lipinski definition) is 3. The molecule has 0 spiro atoms. The number of benzene rings is 2. The normalized spacial score (nSPS) is 19.1. The van der Waals surface area contributed by atoms with Crippen molar-refractivity contribution in [2.24, 2.45) is 0 Å². The van der Waals surface area contributed by atoms with Gasteiger partial charge in [-0.15, -0.1) is 0 Å². The quantitative estimate of drug-likeness (QED) is 0.908. The summed E-state index contributed by atoms with van der Waals surface area (Å²) in [6, 6.07) is 14.3. The second-order valence-electron chi connectivity index (χ2n) is 6.97. The second-order valence-corrected chi connectivity index (χ2v) is 6.97. The van der Waals surface area contributed by atoms with Gasteiger partial charge in [0.25, 0.3) is 5.91 Å². The molecule has 1 N–H and O–H groups in total. The van der Waals surface area contributed by atoms with Gasteiger partial charge in [-0.3, -0.25) is 14.4 Å². The van der Waals surface area contributed by atoms with Crippen LogP contribution in [0.15, 0.2) is 48.5 Å². The van der Waals surface area contributed by atoms with E-state index in [0.29, 0.717) is 25.1 Å². The highest BCUT2D eigenvalue weighted by molar-refractivity contribution is 5.98. The first-order valence-electron chi connectivity index (χ1n) is 9.05. The zero-order valence-electron chi connectivity index (χ0n) is 14.8. The van der Waals surface area contributed by atoms with Crippen LogP contribution in [0, 0.1) is 0 Å². The molecule has 0 saturated carbocycles. The van der Waals surface area contributed by atoms with Gasteiger partial charge in [-0.1, -0.05) is 24.3 Å². The Labute approximate surface area is 157 Å². The first kappa shape index (κ1) is 17.3. The Balaban J connectivity index is 1.56. The van der Waals surface area contributed by atoms with Crippen LogP contribution in [-0.2, 0) is 16.1 Å². The molecule has 6 nitrogen and oxygen atoms in total. The highest BCUT2D eigenvalue weighted by Crippen LogP contribution is 2.30. The van der Waals surface area contributed by atoms with E-state index in [1.54, 1.807) is 34.1 Å². The molecule has 2 aliphatic heterocycles. The summed E-state index contributed by atoms with van der Waals surface area (Å²) in [5.41, 5.74) is 2.93. The van der Waals surface area contributed by atoms with Gasteiger partial charge >= 0.3 is 5.97 Å². The summed E-state index contributed by atoms with van der Waals surface area (Å²) >= 11 is 0. The van der Waals surface area contributed by atoms with Gasteiger partial charge in [0.05, 0.1) is 5.92 Å². The van der Waals surface area contributed by atoms with Gasteiger partial charge in [0.1, 0.15) is 0 Å². The Kier molecular flexibility index (Phi) is 4.39. The molecular weight excluding hydrogens is 344 g/mol. The Bertz CT molecular complexity index is 907. The number of fused-ring (bicyclic) bond motifs is 1. The summed E-state index contributed by atoms with van der Waals surface area (Å²) in [7, 11) is 0. The van der Waals surface area contributed by atoms with Gasteiger partial charge in [-0.25, -0.2) is 0 Å². The summed E-state index contributed by atoms with van der Waals surface area (Å²) in [6.07, 6.45) is 1.41. The summed E-state index contributed by atoms with van der Waals surface area (Å²) in [5, 5.41) is 9.56. The van der Waals surface area contributed by atoms with Crippen molar-refractivity contribution in [3.63, 3.8) is 0 Å². The predicted octanol–water partition coefficient (Wildman–Crippen LogP) is 2.64. The van der Waals surface area contributed by atoms with Crippen LogP contribution < -0.4 is 4.90 Å². The molecular formula is C21H20N2O4. The zero-order valence-corrected chi connectivity index (χ0v) is 14.8. The number of nitrogens with zero attached hydrogens (tertiary/aromatic N) is 2. The van der Waals surface area contributed by atoms with E-state index in [1.807, 2.05) is 24.3 Å². The number of hydrogen-bond donors (Lipinski definition) is 1. The average molecular weight is 364 g/mol.